The molecule has 1 saturated heterocycles. The molecule has 0 radical (unpaired) electrons. The van der Waals surface area contributed by atoms with E-state index in [1.807, 2.05) is 0 Å². The predicted octanol–water partition coefficient (Wildman–Crippen LogP) is 2.47. The third kappa shape index (κ3) is 2.13. The highest BCUT2D eigenvalue weighted by atomic mass is 28.3. The second-order valence-electron chi connectivity index (χ2n) is 5.62. The van der Waals surface area contributed by atoms with Gasteiger partial charge in [-0.1, -0.05) is 33.5 Å². The zero-order valence-electron chi connectivity index (χ0n) is 9.48. The summed E-state index contributed by atoms with van der Waals surface area (Å²) in [5.41, 5.74) is -0.113. The minimum Gasteiger partial charge on any atom is -0.369 e. The molecule has 1 amide bonds. The van der Waals surface area contributed by atoms with E-state index in [1.165, 1.54) is 6.42 Å². The van der Waals surface area contributed by atoms with Crippen LogP contribution in [0.15, 0.2) is 0 Å². The van der Waals surface area contributed by atoms with Gasteiger partial charge in [0.2, 0.25) is 5.91 Å². The number of carbonyl (C=O) groups excluding carboxylic acids is 1. The van der Waals surface area contributed by atoms with Gasteiger partial charge in [-0.25, -0.2) is 0 Å². The van der Waals surface area contributed by atoms with Gasteiger partial charge >= 0.3 is 0 Å². The van der Waals surface area contributed by atoms with E-state index in [0.717, 1.165) is 13.0 Å². The maximum absolute atomic E-state index is 12.1. The Kier molecular flexibility index (Phi) is 2.58. The van der Waals surface area contributed by atoms with Gasteiger partial charge in [-0.15, -0.1) is 0 Å². The van der Waals surface area contributed by atoms with Gasteiger partial charge in [0.1, 0.15) is 0 Å². The highest BCUT2D eigenvalue weighted by Crippen LogP contribution is 2.32. The van der Waals surface area contributed by atoms with Gasteiger partial charge in [-0.3, -0.25) is 4.79 Å². The lowest BCUT2D eigenvalue weighted by Gasteiger charge is -2.43. The summed E-state index contributed by atoms with van der Waals surface area (Å²) in [6.45, 7) is 11.9. The van der Waals surface area contributed by atoms with Crippen LogP contribution in [-0.2, 0) is 4.79 Å². The molecule has 0 saturated carbocycles. The van der Waals surface area contributed by atoms with Crippen LogP contribution in [0.4, 0.5) is 0 Å². The van der Waals surface area contributed by atoms with E-state index in [0.29, 0.717) is 5.91 Å². The van der Waals surface area contributed by atoms with Crippen LogP contribution in [0.2, 0.25) is 19.6 Å². The molecule has 0 aromatic carbocycles. The van der Waals surface area contributed by atoms with Crippen LogP contribution < -0.4 is 0 Å². The molecule has 0 aliphatic carbocycles. The van der Waals surface area contributed by atoms with Gasteiger partial charge in [0.25, 0.3) is 0 Å². The maximum Gasteiger partial charge on any atom is 0.220 e. The molecule has 1 aliphatic rings. The number of piperidine rings is 1. The van der Waals surface area contributed by atoms with E-state index in [-0.39, 0.29) is 5.41 Å². The summed E-state index contributed by atoms with van der Waals surface area (Å²) in [7, 11) is -1.42. The summed E-state index contributed by atoms with van der Waals surface area (Å²) in [4.78, 5) is 12.1. The summed E-state index contributed by atoms with van der Waals surface area (Å²) < 4.78 is 2.15. The number of nitrogens with zero attached hydrogens (tertiary/aromatic N) is 1. The Balaban J connectivity index is 2.84. The Morgan fingerprint density at radius 3 is 2.23 bits per heavy atom. The lowest BCUT2D eigenvalue weighted by Crippen LogP contribution is -2.57. The summed E-state index contributed by atoms with van der Waals surface area (Å²) in [5, 5.41) is 0. The molecule has 0 N–H and O–H groups in total. The SMILES string of the molecule is CC1(C)CCCN([Si](C)(C)C)C1=O. The number of hydrogen-bond acceptors (Lipinski definition) is 1. The van der Waals surface area contributed by atoms with Crippen molar-refractivity contribution in [3.8, 4) is 0 Å². The van der Waals surface area contributed by atoms with Crippen molar-refractivity contribution in [2.75, 3.05) is 6.54 Å². The van der Waals surface area contributed by atoms with Gasteiger partial charge in [0.05, 0.1) is 0 Å². The number of rotatable bonds is 1. The molecule has 1 aliphatic heterocycles. The van der Waals surface area contributed by atoms with Crippen molar-refractivity contribution in [2.45, 2.75) is 46.3 Å². The molecule has 0 atom stereocenters. The third-order valence-corrected chi connectivity index (χ3v) is 4.86. The van der Waals surface area contributed by atoms with E-state index < -0.39 is 8.24 Å². The second kappa shape index (κ2) is 3.12. The highest BCUT2D eigenvalue weighted by Gasteiger charge is 2.40. The van der Waals surface area contributed by atoms with Crippen molar-refractivity contribution in [3.63, 3.8) is 0 Å². The van der Waals surface area contributed by atoms with Crippen LogP contribution in [0.1, 0.15) is 26.7 Å². The summed E-state index contributed by atoms with van der Waals surface area (Å²) in [5.74, 6) is 0.373. The highest BCUT2D eigenvalue weighted by molar-refractivity contribution is 6.75. The monoisotopic (exact) mass is 199 g/mol. The number of hydrogen-bond donors (Lipinski definition) is 0. The van der Waals surface area contributed by atoms with Crippen LogP contribution >= 0.6 is 0 Å². The smallest absolute Gasteiger partial charge is 0.220 e. The molecule has 0 bridgehead atoms. The molecule has 2 nitrogen and oxygen atoms in total. The van der Waals surface area contributed by atoms with Gasteiger partial charge in [0.15, 0.2) is 8.24 Å². The van der Waals surface area contributed by atoms with Crippen LogP contribution in [0.25, 0.3) is 0 Å². The Morgan fingerprint density at radius 1 is 1.31 bits per heavy atom. The average Bonchev–Trinajstić information content (AvgIpc) is 1.92. The Morgan fingerprint density at radius 2 is 1.85 bits per heavy atom. The van der Waals surface area contributed by atoms with Gasteiger partial charge < -0.3 is 4.57 Å². The van der Waals surface area contributed by atoms with Crippen LogP contribution in [0, 0.1) is 5.41 Å². The first-order valence-electron chi connectivity index (χ1n) is 5.07. The van der Waals surface area contributed by atoms with Gasteiger partial charge in [-0.2, -0.15) is 0 Å². The molecular formula is C10H21NOSi. The first-order chi connectivity index (χ1) is 5.75. The molecule has 1 fully saturated rings. The molecule has 0 spiro atoms. The zero-order chi connectivity index (χ0) is 10.3. The standard InChI is InChI=1S/C10H21NOSi/c1-10(2)7-6-8-11(9(10)12)13(3,4)5/h6-8H2,1-5H3. The van der Waals surface area contributed by atoms with Crippen LogP contribution in [-0.4, -0.2) is 25.3 Å². The summed E-state index contributed by atoms with van der Waals surface area (Å²) >= 11 is 0. The second-order valence-corrected chi connectivity index (χ2v) is 10.5. The van der Waals surface area contributed by atoms with E-state index in [9.17, 15) is 4.79 Å². The van der Waals surface area contributed by atoms with Crippen LogP contribution in [0.3, 0.4) is 0 Å². The predicted molar refractivity (Wildman–Crippen MR) is 58.1 cm³/mol. The van der Waals surface area contributed by atoms with Crippen molar-refractivity contribution < 1.29 is 4.79 Å². The molecule has 1 heterocycles. The topological polar surface area (TPSA) is 20.3 Å². The molecule has 76 valence electrons. The Labute approximate surface area is 82.4 Å². The van der Waals surface area contributed by atoms with Crippen molar-refractivity contribution in [3.05, 3.63) is 0 Å². The van der Waals surface area contributed by atoms with Crippen molar-refractivity contribution >= 4 is 14.1 Å². The fourth-order valence-electron chi connectivity index (χ4n) is 1.89. The molecular weight excluding hydrogens is 178 g/mol. The minimum absolute atomic E-state index is 0.113. The van der Waals surface area contributed by atoms with E-state index >= 15 is 0 Å². The number of carbonyl (C=O) groups is 1. The minimum atomic E-state index is -1.42. The normalized spacial score (nSPS) is 23.5. The molecule has 0 aromatic rings. The van der Waals surface area contributed by atoms with E-state index in [2.05, 4.69) is 38.1 Å². The maximum atomic E-state index is 12.1. The van der Waals surface area contributed by atoms with Crippen molar-refractivity contribution in [1.29, 1.82) is 0 Å². The lowest BCUT2D eigenvalue weighted by molar-refractivity contribution is -0.139. The molecule has 3 heteroatoms. The van der Waals surface area contributed by atoms with E-state index in [1.54, 1.807) is 0 Å². The van der Waals surface area contributed by atoms with E-state index in [4.69, 9.17) is 0 Å². The zero-order valence-corrected chi connectivity index (χ0v) is 10.5. The molecule has 13 heavy (non-hydrogen) atoms. The van der Waals surface area contributed by atoms with Gasteiger partial charge in [-0.05, 0) is 12.8 Å². The fraction of sp³-hybridized carbons (Fsp3) is 0.900. The number of amides is 1. The first-order valence-corrected chi connectivity index (χ1v) is 8.52. The van der Waals surface area contributed by atoms with Crippen molar-refractivity contribution in [1.82, 2.24) is 4.57 Å². The molecule has 0 unspecified atom stereocenters. The third-order valence-electron chi connectivity index (χ3n) is 2.82. The average molecular weight is 199 g/mol. The quantitative estimate of drug-likeness (QED) is 0.594. The summed E-state index contributed by atoms with van der Waals surface area (Å²) in [6.07, 6.45) is 2.22. The Bertz CT molecular complexity index is 217. The largest absolute Gasteiger partial charge is 0.369 e. The van der Waals surface area contributed by atoms with Gasteiger partial charge in [0, 0.05) is 12.0 Å². The lowest BCUT2D eigenvalue weighted by atomic mass is 9.84. The van der Waals surface area contributed by atoms with Crippen LogP contribution in [0.5, 0.6) is 0 Å². The fourth-order valence-corrected chi connectivity index (χ4v) is 3.63. The summed E-state index contributed by atoms with van der Waals surface area (Å²) in [6, 6.07) is 0. The molecule has 0 aromatic heterocycles. The Hall–Kier alpha value is -0.313. The molecule has 1 rings (SSSR count). The van der Waals surface area contributed by atoms with Crippen molar-refractivity contribution in [2.24, 2.45) is 5.41 Å². The first kappa shape index (κ1) is 10.8.